The van der Waals surface area contributed by atoms with Gasteiger partial charge in [-0.3, -0.25) is 0 Å². The molecular formula is C15H22N4O3. The second-order valence-electron chi connectivity index (χ2n) is 6.17. The zero-order valence-corrected chi connectivity index (χ0v) is 12.6. The van der Waals surface area contributed by atoms with Gasteiger partial charge in [0.25, 0.3) is 0 Å². The molecule has 0 radical (unpaired) electrons. The first kappa shape index (κ1) is 14.2. The third-order valence-electron chi connectivity index (χ3n) is 4.55. The Bertz CT molecular complexity index is 524. The van der Waals surface area contributed by atoms with Gasteiger partial charge in [-0.2, -0.15) is 4.98 Å². The molecule has 0 aliphatic carbocycles. The molecule has 0 spiro atoms. The summed E-state index contributed by atoms with van der Waals surface area (Å²) in [6.45, 7) is 5.98. The van der Waals surface area contributed by atoms with E-state index in [1.807, 2.05) is 4.90 Å². The minimum atomic E-state index is -0.256. The van der Waals surface area contributed by atoms with Crippen molar-refractivity contribution in [1.82, 2.24) is 9.97 Å². The Morgan fingerprint density at radius 3 is 2.55 bits per heavy atom. The summed E-state index contributed by atoms with van der Waals surface area (Å²) in [5, 5.41) is 9.53. The predicted molar refractivity (Wildman–Crippen MR) is 81.5 cm³/mol. The molecule has 7 heteroatoms. The Labute approximate surface area is 129 Å². The minimum absolute atomic E-state index is 0.256. The van der Waals surface area contributed by atoms with Gasteiger partial charge in [-0.1, -0.05) is 0 Å². The summed E-state index contributed by atoms with van der Waals surface area (Å²) in [5.41, 5.74) is 1.06. The van der Waals surface area contributed by atoms with Gasteiger partial charge in [0.1, 0.15) is 5.82 Å². The first-order valence-corrected chi connectivity index (χ1v) is 8.02. The highest BCUT2D eigenvalue weighted by molar-refractivity contribution is 5.48. The van der Waals surface area contributed by atoms with Gasteiger partial charge in [0.05, 0.1) is 31.6 Å². The third kappa shape index (κ3) is 2.76. The lowest BCUT2D eigenvalue weighted by molar-refractivity contribution is 0.122. The maximum Gasteiger partial charge on any atom is 0.227 e. The fourth-order valence-corrected chi connectivity index (χ4v) is 3.13. The molecule has 22 heavy (non-hydrogen) atoms. The number of nitrogens with zero attached hydrogens (tertiary/aromatic N) is 4. The monoisotopic (exact) mass is 306 g/mol. The molecule has 0 saturated carbocycles. The zero-order valence-electron chi connectivity index (χ0n) is 12.6. The van der Waals surface area contributed by atoms with E-state index in [1.54, 1.807) is 0 Å². The molecule has 1 aromatic heterocycles. The smallest absolute Gasteiger partial charge is 0.227 e. The van der Waals surface area contributed by atoms with Crippen LogP contribution in [-0.4, -0.2) is 73.8 Å². The highest BCUT2D eigenvalue weighted by Gasteiger charge is 2.29. The molecule has 1 atom stereocenters. The van der Waals surface area contributed by atoms with Crippen LogP contribution in [0, 0.1) is 0 Å². The van der Waals surface area contributed by atoms with Crippen molar-refractivity contribution in [1.29, 1.82) is 0 Å². The minimum Gasteiger partial charge on any atom is -0.389 e. The molecule has 3 saturated heterocycles. The lowest BCUT2D eigenvalue weighted by Gasteiger charge is -2.37. The molecule has 0 aromatic carbocycles. The molecule has 0 bridgehead atoms. The fraction of sp³-hybridized carbons (Fsp3) is 0.733. The number of β-amino-alcohol motifs (C(OH)–C–C–N with tert-alkyl or cyclic N) is 1. The summed E-state index contributed by atoms with van der Waals surface area (Å²) < 4.78 is 10.9. The molecule has 3 aliphatic rings. The van der Waals surface area contributed by atoms with E-state index in [1.165, 1.54) is 0 Å². The number of ether oxygens (including phenoxy) is 2. The van der Waals surface area contributed by atoms with E-state index in [0.29, 0.717) is 19.0 Å². The molecule has 1 aromatic rings. The standard InChI is InChI=1S/C15H22N4O3/c20-12-8-19(9-12)15-16-13(11-1-4-22-10-11)7-14(17-15)18-2-5-21-6-3-18/h7,11-12,20H,1-6,8-10H2. The van der Waals surface area contributed by atoms with Crippen LogP contribution in [0.4, 0.5) is 11.8 Å². The van der Waals surface area contributed by atoms with Crippen LogP contribution in [0.2, 0.25) is 0 Å². The van der Waals surface area contributed by atoms with Gasteiger partial charge in [-0.25, -0.2) is 4.98 Å². The van der Waals surface area contributed by atoms with Crippen molar-refractivity contribution in [2.45, 2.75) is 18.4 Å². The molecule has 3 fully saturated rings. The Morgan fingerprint density at radius 1 is 1.05 bits per heavy atom. The second kappa shape index (κ2) is 5.98. The molecule has 1 unspecified atom stereocenters. The van der Waals surface area contributed by atoms with Crippen molar-refractivity contribution < 1.29 is 14.6 Å². The summed E-state index contributed by atoms with van der Waals surface area (Å²) in [6, 6.07) is 2.10. The summed E-state index contributed by atoms with van der Waals surface area (Å²) >= 11 is 0. The Kier molecular flexibility index (Phi) is 3.85. The number of rotatable bonds is 3. The van der Waals surface area contributed by atoms with E-state index < -0.39 is 0 Å². The van der Waals surface area contributed by atoms with Gasteiger partial charge < -0.3 is 24.4 Å². The largest absolute Gasteiger partial charge is 0.389 e. The number of aliphatic hydroxyl groups excluding tert-OH is 1. The maximum absolute atomic E-state index is 9.53. The van der Waals surface area contributed by atoms with Crippen molar-refractivity contribution in [3.63, 3.8) is 0 Å². The van der Waals surface area contributed by atoms with E-state index in [-0.39, 0.29) is 6.10 Å². The highest BCUT2D eigenvalue weighted by atomic mass is 16.5. The van der Waals surface area contributed by atoms with Crippen molar-refractivity contribution >= 4 is 11.8 Å². The number of aliphatic hydroxyl groups is 1. The van der Waals surface area contributed by atoms with Crippen LogP contribution in [0.25, 0.3) is 0 Å². The van der Waals surface area contributed by atoms with Gasteiger partial charge in [0.15, 0.2) is 0 Å². The quantitative estimate of drug-likeness (QED) is 0.842. The van der Waals surface area contributed by atoms with E-state index in [2.05, 4.69) is 11.0 Å². The van der Waals surface area contributed by atoms with Gasteiger partial charge in [0.2, 0.25) is 5.95 Å². The summed E-state index contributed by atoms with van der Waals surface area (Å²) in [7, 11) is 0. The zero-order chi connectivity index (χ0) is 14.9. The number of hydrogen-bond acceptors (Lipinski definition) is 7. The molecule has 1 N–H and O–H groups in total. The van der Waals surface area contributed by atoms with E-state index in [9.17, 15) is 5.11 Å². The normalized spacial score (nSPS) is 26.3. The lowest BCUT2D eigenvalue weighted by Crippen LogP contribution is -2.51. The first-order valence-electron chi connectivity index (χ1n) is 8.02. The van der Waals surface area contributed by atoms with Crippen molar-refractivity contribution in [3.8, 4) is 0 Å². The van der Waals surface area contributed by atoms with Crippen LogP contribution in [0.1, 0.15) is 18.0 Å². The number of aromatic nitrogens is 2. The molecule has 3 aliphatic heterocycles. The van der Waals surface area contributed by atoms with Gasteiger partial charge in [-0.15, -0.1) is 0 Å². The Morgan fingerprint density at radius 2 is 1.86 bits per heavy atom. The average Bonchev–Trinajstić information content (AvgIpc) is 3.07. The van der Waals surface area contributed by atoms with Gasteiger partial charge in [-0.05, 0) is 6.42 Å². The SMILES string of the molecule is OC1CN(c2nc(C3CCOC3)cc(N3CCOCC3)n2)C1. The summed E-state index contributed by atoms with van der Waals surface area (Å²) in [5.74, 6) is 2.06. The van der Waals surface area contributed by atoms with Gasteiger partial charge in [0, 0.05) is 44.8 Å². The molecule has 4 heterocycles. The van der Waals surface area contributed by atoms with E-state index in [4.69, 9.17) is 19.4 Å². The Hall–Kier alpha value is -1.44. The van der Waals surface area contributed by atoms with Gasteiger partial charge >= 0.3 is 0 Å². The molecule has 7 nitrogen and oxygen atoms in total. The Balaban J connectivity index is 1.63. The maximum atomic E-state index is 9.53. The van der Waals surface area contributed by atoms with E-state index >= 15 is 0 Å². The van der Waals surface area contributed by atoms with E-state index in [0.717, 1.165) is 63.4 Å². The fourth-order valence-electron chi connectivity index (χ4n) is 3.13. The number of hydrogen-bond donors (Lipinski definition) is 1. The average molecular weight is 306 g/mol. The molecule has 120 valence electrons. The molecule has 4 rings (SSSR count). The van der Waals surface area contributed by atoms with Crippen molar-refractivity contribution in [2.24, 2.45) is 0 Å². The topological polar surface area (TPSA) is 71.0 Å². The molecule has 0 amide bonds. The highest BCUT2D eigenvalue weighted by Crippen LogP contribution is 2.29. The van der Waals surface area contributed by atoms with Crippen LogP contribution in [0.15, 0.2) is 6.07 Å². The van der Waals surface area contributed by atoms with Crippen molar-refractivity contribution in [2.75, 3.05) is 62.4 Å². The van der Waals surface area contributed by atoms with Crippen LogP contribution in [0.5, 0.6) is 0 Å². The summed E-state index contributed by atoms with van der Waals surface area (Å²) in [4.78, 5) is 13.7. The summed E-state index contributed by atoms with van der Waals surface area (Å²) in [6.07, 6.45) is 0.760. The third-order valence-corrected chi connectivity index (χ3v) is 4.55. The lowest BCUT2D eigenvalue weighted by atomic mass is 10.0. The van der Waals surface area contributed by atoms with Crippen molar-refractivity contribution in [3.05, 3.63) is 11.8 Å². The van der Waals surface area contributed by atoms with Crippen LogP contribution >= 0.6 is 0 Å². The van der Waals surface area contributed by atoms with Crippen LogP contribution in [0.3, 0.4) is 0 Å². The van der Waals surface area contributed by atoms with Crippen LogP contribution < -0.4 is 9.80 Å². The number of morpholine rings is 1. The number of anilines is 2. The predicted octanol–water partition coefficient (Wildman–Crippen LogP) is -0.00200. The second-order valence-corrected chi connectivity index (χ2v) is 6.17. The van der Waals surface area contributed by atoms with Crippen LogP contribution in [-0.2, 0) is 9.47 Å². The first-order chi connectivity index (χ1) is 10.8. The molecular weight excluding hydrogens is 284 g/mol.